The van der Waals surface area contributed by atoms with Crippen molar-refractivity contribution in [1.29, 1.82) is 0 Å². The van der Waals surface area contributed by atoms with E-state index >= 15 is 0 Å². The molecule has 1 heterocycles. The molecule has 3 aromatic rings. The molecule has 0 saturated carbocycles. The number of nitro benzene ring substituents is 1. The average Bonchev–Trinajstić information content (AvgIpc) is 2.58. The van der Waals surface area contributed by atoms with E-state index < -0.39 is 26.2 Å². The summed E-state index contributed by atoms with van der Waals surface area (Å²) in [6, 6.07) is 8.06. The predicted octanol–water partition coefficient (Wildman–Crippen LogP) is 1.18. The van der Waals surface area contributed by atoms with Crippen LogP contribution in [0.3, 0.4) is 0 Å². The number of nitrogens with zero attached hydrogens (tertiary/aromatic N) is 2. The van der Waals surface area contributed by atoms with Gasteiger partial charge in [-0.3, -0.25) is 14.9 Å². The molecule has 0 bridgehead atoms. The normalized spacial score (nSPS) is 11.4. The maximum Gasteiger partial charge on any atom is 0.348 e. The van der Waals surface area contributed by atoms with Gasteiger partial charge in [0.15, 0.2) is 0 Å². The Balaban J connectivity index is 2.07. The first-order chi connectivity index (χ1) is 12.2. The van der Waals surface area contributed by atoms with E-state index in [1.807, 2.05) is 4.83 Å². The predicted molar refractivity (Wildman–Crippen MR) is 93.5 cm³/mol. The summed E-state index contributed by atoms with van der Waals surface area (Å²) in [6.45, 7) is 0. The Morgan fingerprint density at radius 2 is 1.77 bits per heavy atom. The van der Waals surface area contributed by atoms with Crippen LogP contribution in [-0.2, 0) is 10.0 Å². The van der Waals surface area contributed by atoms with Crippen molar-refractivity contribution >= 4 is 38.2 Å². The Kier molecular flexibility index (Phi) is 4.26. The smallest absolute Gasteiger partial charge is 0.305 e. The third-order valence-electron chi connectivity index (χ3n) is 3.43. The molecule has 26 heavy (non-hydrogen) atoms. The number of H-pyrrole nitrogens is 1. The van der Waals surface area contributed by atoms with Gasteiger partial charge in [0, 0.05) is 17.2 Å². The molecular weight excluding hydrogens is 388 g/mol. The van der Waals surface area contributed by atoms with Crippen LogP contribution in [0.15, 0.2) is 56.9 Å². The zero-order valence-electron chi connectivity index (χ0n) is 12.7. The zero-order chi connectivity index (χ0) is 19.1. The Bertz CT molecular complexity index is 1250. The van der Waals surface area contributed by atoms with Crippen molar-refractivity contribution in [2.45, 2.75) is 4.90 Å². The first kappa shape index (κ1) is 17.6. The fraction of sp³-hybridized carbons (Fsp3) is 0. The van der Waals surface area contributed by atoms with E-state index in [1.165, 1.54) is 18.2 Å². The van der Waals surface area contributed by atoms with Crippen molar-refractivity contribution in [3.05, 3.63) is 78.4 Å². The SMILES string of the molecule is O=c1[nH]c2cc(Cl)ccc2c(=O)n1NS(=O)(=O)c1ccc([N+](=O)[O-])cc1. The lowest BCUT2D eigenvalue weighted by Gasteiger charge is -2.10. The van der Waals surface area contributed by atoms with E-state index in [1.54, 1.807) is 0 Å². The second kappa shape index (κ2) is 6.28. The molecule has 0 spiro atoms. The number of rotatable bonds is 4. The molecule has 0 fully saturated rings. The molecule has 134 valence electrons. The molecule has 0 saturated heterocycles. The number of nitro groups is 1. The highest BCUT2D eigenvalue weighted by Crippen LogP contribution is 2.16. The van der Waals surface area contributed by atoms with Crippen molar-refractivity contribution in [3.63, 3.8) is 0 Å². The second-order valence-corrected chi connectivity index (χ2v) is 7.20. The van der Waals surface area contributed by atoms with E-state index in [-0.39, 0.29) is 26.5 Å². The minimum Gasteiger partial charge on any atom is -0.305 e. The molecule has 3 rings (SSSR count). The lowest BCUT2D eigenvalue weighted by Crippen LogP contribution is -2.43. The van der Waals surface area contributed by atoms with E-state index in [9.17, 15) is 28.1 Å². The first-order valence-electron chi connectivity index (χ1n) is 6.91. The lowest BCUT2D eigenvalue weighted by molar-refractivity contribution is -0.384. The van der Waals surface area contributed by atoms with Gasteiger partial charge < -0.3 is 4.98 Å². The number of hydrogen-bond acceptors (Lipinski definition) is 6. The summed E-state index contributed by atoms with van der Waals surface area (Å²) in [4.78, 5) is 38.3. The fourth-order valence-corrected chi connectivity index (χ4v) is 3.37. The molecule has 0 aliphatic heterocycles. The summed E-state index contributed by atoms with van der Waals surface area (Å²) in [7, 11) is -4.33. The van der Waals surface area contributed by atoms with Gasteiger partial charge in [0.2, 0.25) is 0 Å². The van der Waals surface area contributed by atoms with Crippen LogP contribution in [0.2, 0.25) is 5.02 Å². The van der Waals surface area contributed by atoms with Gasteiger partial charge in [0.25, 0.3) is 21.3 Å². The van der Waals surface area contributed by atoms with E-state index in [0.717, 1.165) is 24.3 Å². The standard InChI is InChI=1S/C14H9ClN4O6S/c15-8-1-6-11-12(7-8)16-14(21)18(13(11)20)17-26(24,25)10-4-2-9(3-5-10)19(22)23/h1-7,17H,(H,16,21). The topological polar surface area (TPSA) is 144 Å². The maximum absolute atomic E-state index is 12.4. The Morgan fingerprint density at radius 1 is 1.12 bits per heavy atom. The Morgan fingerprint density at radius 3 is 2.38 bits per heavy atom. The summed E-state index contributed by atoms with van der Waals surface area (Å²) in [5.41, 5.74) is -2.07. The van der Waals surface area contributed by atoms with Gasteiger partial charge in [-0.05, 0) is 30.3 Å². The lowest BCUT2D eigenvalue weighted by atomic mass is 10.2. The molecule has 0 aliphatic rings. The highest BCUT2D eigenvalue weighted by molar-refractivity contribution is 7.92. The summed E-state index contributed by atoms with van der Waals surface area (Å²) in [5.74, 6) is 0. The van der Waals surface area contributed by atoms with Gasteiger partial charge in [-0.25, -0.2) is 9.63 Å². The molecule has 10 nitrogen and oxygen atoms in total. The number of aromatic nitrogens is 2. The molecule has 2 aromatic carbocycles. The van der Waals surface area contributed by atoms with Crippen LogP contribution in [0.25, 0.3) is 10.9 Å². The van der Waals surface area contributed by atoms with Crippen molar-refractivity contribution in [3.8, 4) is 0 Å². The number of fused-ring (bicyclic) bond motifs is 1. The molecule has 0 aliphatic carbocycles. The van der Waals surface area contributed by atoms with Gasteiger partial charge in [-0.1, -0.05) is 11.6 Å². The molecule has 0 atom stereocenters. The van der Waals surface area contributed by atoms with Gasteiger partial charge in [-0.2, -0.15) is 13.1 Å². The Labute approximate surface area is 149 Å². The highest BCUT2D eigenvalue weighted by Gasteiger charge is 2.19. The minimum atomic E-state index is -4.33. The number of sulfonamides is 1. The summed E-state index contributed by atoms with van der Waals surface area (Å²) in [5, 5.41) is 11.0. The van der Waals surface area contributed by atoms with Crippen LogP contribution in [0.5, 0.6) is 0 Å². The second-order valence-electron chi connectivity index (χ2n) is 5.11. The molecule has 0 amide bonds. The highest BCUT2D eigenvalue weighted by atomic mass is 35.5. The van der Waals surface area contributed by atoms with E-state index in [4.69, 9.17) is 11.6 Å². The maximum atomic E-state index is 12.4. The number of halogens is 1. The number of nitrogens with one attached hydrogen (secondary N) is 2. The van der Waals surface area contributed by atoms with Crippen LogP contribution >= 0.6 is 11.6 Å². The van der Waals surface area contributed by atoms with E-state index in [0.29, 0.717) is 4.68 Å². The molecular formula is C14H9ClN4O6S. The van der Waals surface area contributed by atoms with Crippen LogP contribution in [0.1, 0.15) is 0 Å². The first-order valence-corrected chi connectivity index (χ1v) is 8.77. The van der Waals surface area contributed by atoms with Crippen LogP contribution in [0, 0.1) is 10.1 Å². The quantitative estimate of drug-likeness (QED) is 0.500. The molecule has 0 unspecified atom stereocenters. The van der Waals surface area contributed by atoms with Crippen LogP contribution < -0.4 is 16.1 Å². The van der Waals surface area contributed by atoms with Gasteiger partial charge in [-0.15, -0.1) is 0 Å². The number of benzene rings is 2. The van der Waals surface area contributed by atoms with Gasteiger partial charge in [0.05, 0.1) is 20.7 Å². The number of hydrogen-bond donors (Lipinski definition) is 2. The van der Waals surface area contributed by atoms with Crippen molar-refractivity contribution in [1.82, 2.24) is 9.66 Å². The third-order valence-corrected chi connectivity index (χ3v) is 4.98. The monoisotopic (exact) mass is 396 g/mol. The molecule has 1 aromatic heterocycles. The molecule has 2 N–H and O–H groups in total. The van der Waals surface area contributed by atoms with Gasteiger partial charge >= 0.3 is 5.69 Å². The average molecular weight is 397 g/mol. The minimum absolute atomic E-state index is 0.0420. The third kappa shape index (κ3) is 3.17. The van der Waals surface area contributed by atoms with Crippen molar-refractivity contribution in [2.75, 3.05) is 4.83 Å². The summed E-state index contributed by atoms with van der Waals surface area (Å²) < 4.78 is 25.0. The number of non-ortho nitro benzene ring substituents is 1. The van der Waals surface area contributed by atoms with Crippen molar-refractivity contribution < 1.29 is 13.3 Å². The van der Waals surface area contributed by atoms with Crippen molar-refractivity contribution in [2.24, 2.45) is 0 Å². The summed E-state index contributed by atoms with van der Waals surface area (Å²) >= 11 is 5.79. The molecule has 0 radical (unpaired) electrons. The van der Waals surface area contributed by atoms with Gasteiger partial charge in [0.1, 0.15) is 0 Å². The van der Waals surface area contributed by atoms with Crippen LogP contribution in [0.4, 0.5) is 5.69 Å². The zero-order valence-corrected chi connectivity index (χ0v) is 14.2. The largest absolute Gasteiger partial charge is 0.348 e. The summed E-state index contributed by atoms with van der Waals surface area (Å²) in [6.07, 6.45) is 0. The fourth-order valence-electron chi connectivity index (χ4n) is 2.19. The van der Waals surface area contributed by atoms with Crippen LogP contribution in [-0.4, -0.2) is 23.0 Å². The number of aromatic amines is 1. The molecule has 12 heteroatoms. The van der Waals surface area contributed by atoms with E-state index in [2.05, 4.69) is 4.98 Å². The Hall–Kier alpha value is -3.18.